The van der Waals surface area contributed by atoms with Gasteiger partial charge in [-0.2, -0.15) is 0 Å². The number of hydrogen-bond acceptors (Lipinski definition) is 2. The molecule has 0 unspecified atom stereocenters. The standard InChI is InChI=1S/C22H19FN2O2/c23-19-8-4-5-9-20(19)25-22(27)18-12-10-17(11-13-18)21(26)24-15-14-16-6-2-1-3-7-16/h1-13H,14-15H2,(H,24,26)(H,25,27). The first-order valence-corrected chi connectivity index (χ1v) is 8.61. The maximum atomic E-state index is 13.6. The molecule has 0 radical (unpaired) electrons. The molecule has 0 heterocycles. The number of carbonyl (C=O) groups excluding carboxylic acids is 2. The van der Waals surface area contributed by atoms with Gasteiger partial charge < -0.3 is 10.6 Å². The topological polar surface area (TPSA) is 58.2 Å². The molecular weight excluding hydrogens is 343 g/mol. The SMILES string of the molecule is O=C(NCCc1ccccc1)c1ccc(C(=O)Nc2ccccc2F)cc1. The molecular formula is C22H19FN2O2. The highest BCUT2D eigenvalue weighted by molar-refractivity contribution is 6.05. The van der Waals surface area contributed by atoms with Gasteiger partial charge in [0.05, 0.1) is 5.69 Å². The van der Waals surface area contributed by atoms with Crippen LogP contribution in [0.3, 0.4) is 0 Å². The summed E-state index contributed by atoms with van der Waals surface area (Å²) in [5, 5.41) is 5.37. The van der Waals surface area contributed by atoms with Gasteiger partial charge in [0.1, 0.15) is 5.82 Å². The van der Waals surface area contributed by atoms with Crippen molar-refractivity contribution in [2.45, 2.75) is 6.42 Å². The van der Waals surface area contributed by atoms with Crippen LogP contribution in [-0.2, 0) is 6.42 Å². The van der Waals surface area contributed by atoms with E-state index in [9.17, 15) is 14.0 Å². The highest BCUT2D eigenvalue weighted by atomic mass is 19.1. The lowest BCUT2D eigenvalue weighted by atomic mass is 10.1. The number of benzene rings is 3. The number of hydrogen-bond donors (Lipinski definition) is 2. The second-order valence-corrected chi connectivity index (χ2v) is 6.00. The van der Waals surface area contributed by atoms with E-state index in [1.807, 2.05) is 30.3 Å². The van der Waals surface area contributed by atoms with Gasteiger partial charge >= 0.3 is 0 Å². The normalized spacial score (nSPS) is 10.3. The van der Waals surface area contributed by atoms with Crippen molar-refractivity contribution in [3.05, 3.63) is 101 Å². The largest absolute Gasteiger partial charge is 0.352 e. The molecule has 4 nitrogen and oxygen atoms in total. The average Bonchev–Trinajstić information content (AvgIpc) is 2.70. The average molecular weight is 362 g/mol. The van der Waals surface area contributed by atoms with E-state index in [2.05, 4.69) is 10.6 Å². The van der Waals surface area contributed by atoms with Gasteiger partial charge in [0.15, 0.2) is 0 Å². The monoisotopic (exact) mass is 362 g/mol. The first-order valence-electron chi connectivity index (χ1n) is 8.61. The Morgan fingerprint density at radius 1 is 0.741 bits per heavy atom. The summed E-state index contributed by atoms with van der Waals surface area (Å²) in [5.74, 6) is -1.14. The van der Waals surface area contributed by atoms with Crippen LogP contribution in [0.2, 0.25) is 0 Å². The van der Waals surface area contributed by atoms with Crippen LogP contribution < -0.4 is 10.6 Å². The Morgan fingerprint density at radius 2 is 1.33 bits per heavy atom. The third-order valence-corrected chi connectivity index (χ3v) is 4.07. The van der Waals surface area contributed by atoms with Gasteiger partial charge in [-0.15, -0.1) is 0 Å². The van der Waals surface area contributed by atoms with E-state index in [0.717, 1.165) is 12.0 Å². The Hall–Kier alpha value is -3.47. The molecule has 3 aromatic carbocycles. The summed E-state index contributed by atoms with van der Waals surface area (Å²) in [7, 11) is 0. The number of para-hydroxylation sites is 1. The Labute approximate surface area is 157 Å². The minimum Gasteiger partial charge on any atom is -0.352 e. The van der Waals surface area contributed by atoms with Crippen LogP contribution in [-0.4, -0.2) is 18.4 Å². The van der Waals surface area contributed by atoms with Crippen molar-refractivity contribution in [3.8, 4) is 0 Å². The molecule has 0 spiro atoms. The van der Waals surface area contributed by atoms with Gasteiger partial charge in [0.25, 0.3) is 11.8 Å². The maximum Gasteiger partial charge on any atom is 0.255 e. The second-order valence-electron chi connectivity index (χ2n) is 6.00. The van der Waals surface area contributed by atoms with Crippen LogP contribution in [0.15, 0.2) is 78.9 Å². The van der Waals surface area contributed by atoms with Crippen molar-refractivity contribution in [2.24, 2.45) is 0 Å². The zero-order chi connectivity index (χ0) is 19.1. The number of nitrogens with one attached hydrogen (secondary N) is 2. The molecule has 2 N–H and O–H groups in total. The van der Waals surface area contributed by atoms with Crippen LogP contribution in [0.4, 0.5) is 10.1 Å². The third-order valence-electron chi connectivity index (χ3n) is 4.07. The van der Waals surface area contributed by atoms with E-state index in [1.165, 1.54) is 12.1 Å². The summed E-state index contributed by atoms with van der Waals surface area (Å²) >= 11 is 0. The quantitative estimate of drug-likeness (QED) is 0.695. The van der Waals surface area contributed by atoms with Crippen molar-refractivity contribution in [3.63, 3.8) is 0 Å². The van der Waals surface area contributed by atoms with E-state index in [4.69, 9.17) is 0 Å². The number of anilines is 1. The molecule has 136 valence electrons. The zero-order valence-corrected chi connectivity index (χ0v) is 14.6. The van der Waals surface area contributed by atoms with E-state index in [1.54, 1.807) is 36.4 Å². The fraction of sp³-hybridized carbons (Fsp3) is 0.0909. The van der Waals surface area contributed by atoms with Gasteiger partial charge in [0.2, 0.25) is 0 Å². The molecule has 5 heteroatoms. The summed E-state index contributed by atoms with van der Waals surface area (Å²) in [5.41, 5.74) is 2.08. The Balaban J connectivity index is 1.55. The molecule has 3 rings (SSSR count). The highest BCUT2D eigenvalue weighted by Crippen LogP contribution is 2.14. The lowest BCUT2D eigenvalue weighted by Gasteiger charge is -2.08. The van der Waals surface area contributed by atoms with E-state index in [0.29, 0.717) is 17.7 Å². The number of carbonyl (C=O) groups is 2. The predicted octanol–water partition coefficient (Wildman–Crippen LogP) is 4.05. The molecule has 0 atom stereocenters. The first kappa shape index (κ1) is 18.3. The molecule has 0 aliphatic carbocycles. The fourth-order valence-corrected chi connectivity index (χ4v) is 2.60. The lowest BCUT2D eigenvalue weighted by Crippen LogP contribution is -2.25. The van der Waals surface area contributed by atoms with Gasteiger partial charge in [-0.3, -0.25) is 9.59 Å². The number of amides is 2. The molecule has 0 aromatic heterocycles. The molecule has 0 aliphatic rings. The number of halogens is 1. The smallest absolute Gasteiger partial charge is 0.255 e. The van der Waals surface area contributed by atoms with Crippen molar-refractivity contribution in [1.82, 2.24) is 5.32 Å². The van der Waals surface area contributed by atoms with Crippen LogP contribution in [0, 0.1) is 5.82 Å². The molecule has 0 bridgehead atoms. The highest BCUT2D eigenvalue weighted by Gasteiger charge is 2.10. The molecule has 0 saturated heterocycles. The van der Waals surface area contributed by atoms with Gasteiger partial charge in [0, 0.05) is 17.7 Å². The summed E-state index contributed by atoms with van der Waals surface area (Å²) in [6, 6.07) is 22.1. The van der Waals surface area contributed by atoms with E-state index >= 15 is 0 Å². The molecule has 0 saturated carbocycles. The van der Waals surface area contributed by atoms with E-state index in [-0.39, 0.29) is 11.6 Å². The fourth-order valence-electron chi connectivity index (χ4n) is 2.60. The van der Waals surface area contributed by atoms with E-state index < -0.39 is 11.7 Å². The van der Waals surface area contributed by atoms with Gasteiger partial charge in [-0.25, -0.2) is 4.39 Å². The Kier molecular flexibility index (Phi) is 5.94. The van der Waals surface area contributed by atoms with Gasteiger partial charge in [-0.1, -0.05) is 42.5 Å². The Bertz CT molecular complexity index is 925. The number of rotatable bonds is 6. The summed E-state index contributed by atoms with van der Waals surface area (Å²) < 4.78 is 13.6. The first-order chi connectivity index (χ1) is 13.1. The maximum absolute atomic E-state index is 13.6. The molecule has 3 aromatic rings. The third kappa shape index (κ3) is 5.01. The van der Waals surface area contributed by atoms with Crippen LogP contribution >= 0.6 is 0 Å². The van der Waals surface area contributed by atoms with Crippen molar-refractivity contribution < 1.29 is 14.0 Å². The Morgan fingerprint density at radius 3 is 2.00 bits per heavy atom. The van der Waals surface area contributed by atoms with Gasteiger partial charge in [-0.05, 0) is 48.4 Å². The van der Waals surface area contributed by atoms with Crippen LogP contribution in [0.5, 0.6) is 0 Å². The van der Waals surface area contributed by atoms with Crippen molar-refractivity contribution in [1.29, 1.82) is 0 Å². The predicted molar refractivity (Wildman–Crippen MR) is 103 cm³/mol. The van der Waals surface area contributed by atoms with Crippen LogP contribution in [0.25, 0.3) is 0 Å². The summed E-state index contributed by atoms with van der Waals surface area (Å²) in [6.07, 6.45) is 0.746. The van der Waals surface area contributed by atoms with Crippen molar-refractivity contribution >= 4 is 17.5 Å². The van der Waals surface area contributed by atoms with Crippen LogP contribution in [0.1, 0.15) is 26.3 Å². The summed E-state index contributed by atoms with van der Waals surface area (Å²) in [4.78, 5) is 24.4. The summed E-state index contributed by atoms with van der Waals surface area (Å²) in [6.45, 7) is 0.526. The molecule has 0 fully saturated rings. The molecule has 2 amide bonds. The minimum atomic E-state index is -0.500. The molecule has 0 aliphatic heterocycles. The lowest BCUT2D eigenvalue weighted by molar-refractivity contribution is 0.0952. The molecule has 27 heavy (non-hydrogen) atoms. The second kappa shape index (κ2) is 8.76. The zero-order valence-electron chi connectivity index (χ0n) is 14.6. The van der Waals surface area contributed by atoms with Crippen molar-refractivity contribution in [2.75, 3.05) is 11.9 Å². The minimum absolute atomic E-state index is 0.116.